The summed E-state index contributed by atoms with van der Waals surface area (Å²) in [4.78, 5) is 24.2. The van der Waals surface area contributed by atoms with Crippen LogP contribution < -0.4 is 15.6 Å². The first kappa shape index (κ1) is 18.9. The Morgan fingerprint density at radius 2 is 1.96 bits per heavy atom. The molecule has 0 saturated carbocycles. The lowest BCUT2D eigenvalue weighted by Crippen LogP contribution is -2.42. The molecule has 140 valence electrons. The lowest BCUT2D eigenvalue weighted by Gasteiger charge is -2.06. The van der Waals surface area contributed by atoms with Crippen molar-refractivity contribution in [1.82, 2.24) is 25.6 Å². The molecule has 2 aromatic heterocycles. The number of thioether (sulfide) groups is 1. The minimum absolute atomic E-state index is 0.0965. The van der Waals surface area contributed by atoms with Gasteiger partial charge in [-0.2, -0.15) is 0 Å². The van der Waals surface area contributed by atoms with Gasteiger partial charge < -0.3 is 9.30 Å². The summed E-state index contributed by atoms with van der Waals surface area (Å²) in [7, 11) is 3.44. The minimum atomic E-state index is -0.344. The summed E-state index contributed by atoms with van der Waals surface area (Å²) >= 11 is 2.53. The van der Waals surface area contributed by atoms with E-state index in [1.54, 1.807) is 24.6 Å². The number of hydrogen-bond acceptors (Lipinski definition) is 7. The lowest BCUT2D eigenvalue weighted by atomic mass is 10.2. The van der Waals surface area contributed by atoms with Crippen LogP contribution in [-0.4, -0.2) is 39.4 Å². The van der Waals surface area contributed by atoms with Gasteiger partial charge in [-0.3, -0.25) is 20.4 Å². The van der Waals surface area contributed by atoms with Gasteiger partial charge in [-0.05, 0) is 35.7 Å². The summed E-state index contributed by atoms with van der Waals surface area (Å²) in [6.45, 7) is 0. The smallest absolute Gasteiger partial charge is 0.279 e. The molecule has 2 amide bonds. The van der Waals surface area contributed by atoms with Gasteiger partial charge in [0.15, 0.2) is 11.0 Å². The Morgan fingerprint density at radius 3 is 2.63 bits per heavy atom. The molecule has 0 aliphatic heterocycles. The monoisotopic (exact) mass is 403 g/mol. The second kappa shape index (κ2) is 8.69. The maximum Gasteiger partial charge on any atom is 0.279 e. The summed E-state index contributed by atoms with van der Waals surface area (Å²) < 4.78 is 6.96. The van der Waals surface area contributed by atoms with Crippen molar-refractivity contribution in [2.75, 3.05) is 12.9 Å². The predicted octanol–water partition coefficient (Wildman–Crippen LogP) is 2.11. The third-order valence-corrected chi connectivity index (χ3v) is 5.46. The van der Waals surface area contributed by atoms with Gasteiger partial charge in [0.05, 0.1) is 17.7 Å². The maximum atomic E-state index is 11.9. The molecule has 10 heteroatoms. The molecule has 1 aromatic carbocycles. The lowest BCUT2D eigenvalue weighted by molar-refractivity contribution is -0.119. The largest absolute Gasteiger partial charge is 0.497 e. The highest BCUT2D eigenvalue weighted by Gasteiger charge is 2.14. The van der Waals surface area contributed by atoms with Crippen LogP contribution in [0.15, 0.2) is 46.9 Å². The summed E-state index contributed by atoms with van der Waals surface area (Å²) in [5.41, 5.74) is 5.66. The zero-order valence-corrected chi connectivity index (χ0v) is 16.3. The molecule has 2 heterocycles. The second-order valence-electron chi connectivity index (χ2n) is 5.36. The summed E-state index contributed by atoms with van der Waals surface area (Å²) in [6.07, 6.45) is 0. The van der Waals surface area contributed by atoms with E-state index in [9.17, 15) is 9.59 Å². The Hall–Kier alpha value is -2.85. The normalized spacial score (nSPS) is 10.4. The van der Waals surface area contributed by atoms with Crippen molar-refractivity contribution >= 4 is 34.9 Å². The zero-order valence-electron chi connectivity index (χ0n) is 14.6. The average molecular weight is 403 g/mol. The number of hydrazine groups is 1. The number of benzene rings is 1. The van der Waals surface area contributed by atoms with Gasteiger partial charge in [0.1, 0.15) is 5.75 Å². The summed E-state index contributed by atoms with van der Waals surface area (Å²) in [5, 5.41) is 10.7. The van der Waals surface area contributed by atoms with Gasteiger partial charge in [0.25, 0.3) is 5.91 Å². The van der Waals surface area contributed by atoms with Crippen molar-refractivity contribution in [2.24, 2.45) is 7.05 Å². The molecule has 8 nitrogen and oxygen atoms in total. The highest BCUT2D eigenvalue weighted by atomic mass is 32.2. The van der Waals surface area contributed by atoms with Crippen LogP contribution in [0.1, 0.15) is 9.67 Å². The molecule has 27 heavy (non-hydrogen) atoms. The van der Waals surface area contributed by atoms with Crippen molar-refractivity contribution in [1.29, 1.82) is 0 Å². The van der Waals surface area contributed by atoms with Gasteiger partial charge in [-0.25, -0.2) is 0 Å². The number of carbonyl (C=O) groups excluding carboxylic acids is 2. The molecule has 0 spiro atoms. The number of aromatic nitrogens is 3. The molecule has 0 bridgehead atoms. The Labute approximate surface area is 163 Å². The number of nitrogens with zero attached hydrogens (tertiary/aromatic N) is 3. The Kier molecular flexibility index (Phi) is 6.09. The van der Waals surface area contributed by atoms with Crippen LogP contribution in [0.3, 0.4) is 0 Å². The fraction of sp³-hybridized carbons (Fsp3) is 0.176. The predicted molar refractivity (Wildman–Crippen MR) is 104 cm³/mol. The van der Waals surface area contributed by atoms with Crippen LogP contribution >= 0.6 is 23.1 Å². The van der Waals surface area contributed by atoms with Crippen LogP contribution in [0.25, 0.3) is 11.4 Å². The number of thiophene rings is 1. The molecular formula is C17H17N5O3S2. The third-order valence-electron chi connectivity index (χ3n) is 3.58. The minimum Gasteiger partial charge on any atom is -0.497 e. The van der Waals surface area contributed by atoms with E-state index in [0.29, 0.717) is 15.9 Å². The molecule has 3 rings (SSSR count). The molecule has 0 fully saturated rings. The number of rotatable bonds is 6. The molecular weight excluding hydrogens is 386 g/mol. The third kappa shape index (κ3) is 4.66. The molecule has 0 aliphatic carbocycles. The van der Waals surface area contributed by atoms with Crippen molar-refractivity contribution in [3.05, 3.63) is 46.7 Å². The van der Waals surface area contributed by atoms with E-state index in [-0.39, 0.29) is 17.6 Å². The first-order valence-electron chi connectivity index (χ1n) is 7.88. The van der Waals surface area contributed by atoms with Crippen LogP contribution in [-0.2, 0) is 11.8 Å². The molecule has 0 radical (unpaired) electrons. The molecule has 0 saturated heterocycles. The molecule has 0 aliphatic rings. The van der Waals surface area contributed by atoms with Gasteiger partial charge in [0.2, 0.25) is 5.91 Å². The van der Waals surface area contributed by atoms with Gasteiger partial charge >= 0.3 is 0 Å². The highest BCUT2D eigenvalue weighted by Crippen LogP contribution is 2.24. The Balaban J connectivity index is 1.54. The molecule has 0 atom stereocenters. The van der Waals surface area contributed by atoms with Crippen molar-refractivity contribution in [3.63, 3.8) is 0 Å². The number of ether oxygens (including phenoxy) is 1. The number of carbonyl (C=O) groups is 2. The number of nitrogens with one attached hydrogen (secondary N) is 2. The quantitative estimate of drug-likeness (QED) is 0.483. The van der Waals surface area contributed by atoms with Crippen LogP contribution in [0.5, 0.6) is 5.75 Å². The van der Waals surface area contributed by atoms with Crippen LogP contribution in [0.4, 0.5) is 0 Å². The van der Waals surface area contributed by atoms with Crippen molar-refractivity contribution in [3.8, 4) is 17.1 Å². The Bertz CT molecular complexity index is 923. The molecule has 0 unspecified atom stereocenters. The van der Waals surface area contributed by atoms with E-state index in [4.69, 9.17) is 4.74 Å². The van der Waals surface area contributed by atoms with E-state index in [2.05, 4.69) is 21.0 Å². The summed E-state index contributed by atoms with van der Waals surface area (Å²) in [6, 6.07) is 10.9. The maximum absolute atomic E-state index is 11.9. The summed E-state index contributed by atoms with van der Waals surface area (Å²) in [5.74, 6) is 0.866. The number of methoxy groups -OCH3 is 1. The van der Waals surface area contributed by atoms with E-state index in [1.165, 1.54) is 23.1 Å². The second-order valence-corrected chi connectivity index (χ2v) is 7.25. The Morgan fingerprint density at radius 1 is 1.19 bits per heavy atom. The van der Waals surface area contributed by atoms with E-state index < -0.39 is 0 Å². The SMILES string of the molecule is COc1ccc(-c2nnc(SCC(=O)NNC(=O)c3cccs3)n2C)cc1. The standard InChI is InChI=1S/C17H17N5O3S2/c1-22-15(11-5-7-12(25-2)8-6-11)19-21-17(22)27-10-14(23)18-20-16(24)13-4-3-9-26-13/h3-9H,10H2,1-2H3,(H,18,23)(H,20,24). The fourth-order valence-electron chi connectivity index (χ4n) is 2.19. The fourth-order valence-corrected chi connectivity index (χ4v) is 3.52. The van der Waals surface area contributed by atoms with Gasteiger partial charge in [0, 0.05) is 12.6 Å². The van der Waals surface area contributed by atoms with E-state index >= 15 is 0 Å². The van der Waals surface area contributed by atoms with Gasteiger partial charge in [-0.15, -0.1) is 21.5 Å². The van der Waals surface area contributed by atoms with Crippen molar-refractivity contribution in [2.45, 2.75) is 5.16 Å². The zero-order chi connectivity index (χ0) is 19.2. The van der Waals surface area contributed by atoms with E-state index in [0.717, 1.165) is 11.3 Å². The molecule has 2 N–H and O–H groups in total. The number of amides is 2. The van der Waals surface area contributed by atoms with Gasteiger partial charge in [-0.1, -0.05) is 17.8 Å². The first-order valence-corrected chi connectivity index (χ1v) is 9.74. The number of hydrogen-bond donors (Lipinski definition) is 2. The highest BCUT2D eigenvalue weighted by molar-refractivity contribution is 7.99. The average Bonchev–Trinajstić information content (AvgIpc) is 3.35. The van der Waals surface area contributed by atoms with Crippen LogP contribution in [0, 0.1) is 0 Å². The van der Waals surface area contributed by atoms with E-state index in [1.807, 2.05) is 35.9 Å². The van der Waals surface area contributed by atoms with Crippen LogP contribution in [0.2, 0.25) is 0 Å². The topological polar surface area (TPSA) is 98.1 Å². The first-order chi connectivity index (χ1) is 13.1. The van der Waals surface area contributed by atoms with Crippen molar-refractivity contribution < 1.29 is 14.3 Å². The molecule has 3 aromatic rings.